The van der Waals surface area contributed by atoms with Crippen LogP contribution in [0.2, 0.25) is 0 Å². The van der Waals surface area contributed by atoms with Crippen LogP contribution in [-0.4, -0.2) is 22.0 Å². The molecule has 0 unspecified atom stereocenters. The molecule has 0 aromatic heterocycles. The normalized spacial score (nSPS) is 10.5. The number of hydrogen-bond donors (Lipinski definition) is 2. The van der Waals surface area contributed by atoms with Gasteiger partial charge in [-0.15, -0.1) is 0 Å². The zero-order valence-electron chi connectivity index (χ0n) is 7.48. The number of carboxylic acid groups (broad SMARTS) is 1. The van der Waals surface area contributed by atoms with Gasteiger partial charge in [0.05, 0.1) is 0 Å². The average Bonchev–Trinajstić information content (AvgIpc) is 2.19. The first-order valence-electron chi connectivity index (χ1n) is 3.94. The molecule has 1 aromatic carbocycles. The van der Waals surface area contributed by atoms with Crippen LogP contribution in [0.1, 0.15) is 5.56 Å². The van der Waals surface area contributed by atoms with Gasteiger partial charge in [0, 0.05) is 0 Å². The molecule has 0 aliphatic heterocycles. The van der Waals surface area contributed by atoms with E-state index in [2.05, 4.69) is 0 Å². The summed E-state index contributed by atoms with van der Waals surface area (Å²) in [7, 11) is 0. The average molecular weight is 210 g/mol. The zero-order valence-corrected chi connectivity index (χ0v) is 7.48. The van der Waals surface area contributed by atoms with Crippen molar-refractivity contribution in [1.82, 2.24) is 0 Å². The number of halogens is 1. The number of carboxylic acids is 1. The van der Waals surface area contributed by atoms with Crippen molar-refractivity contribution in [2.45, 2.75) is 0 Å². The Hall–Kier alpha value is -2.17. The maximum atomic E-state index is 12.8. The molecular weight excluding hydrogens is 203 g/mol. The van der Waals surface area contributed by atoms with Crippen molar-refractivity contribution in [3.8, 4) is 5.75 Å². The first-order valence-corrected chi connectivity index (χ1v) is 3.94. The first-order chi connectivity index (χ1) is 7.00. The fourth-order valence-corrected chi connectivity index (χ4v) is 0.870. The Morgan fingerprint density at radius 1 is 1.33 bits per heavy atom. The van der Waals surface area contributed by atoms with Gasteiger partial charge in [0.25, 0.3) is 5.78 Å². The van der Waals surface area contributed by atoms with Crippen LogP contribution in [0.5, 0.6) is 5.75 Å². The fourth-order valence-electron chi connectivity index (χ4n) is 0.870. The summed E-state index contributed by atoms with van der Waals surface area (Å²) in [6.45, 7) is 0. The number of ketones is 1. The molecule has 2 N–H and O–H groups in total. The number of carbonyl (C=O) groups is 2. The molecule has 0 spiro atoms. The van der Waals surface area contributed by atoms with Gasteiger partial charge in [0.2, 0.25) is 0 Å². The van der Waals surface area contributed by atoms with E-state index in [1.807, 2.05) is 0 Å². The Bertz CT molecular complexity index is 437. The number of aliphatic carboxylic acids is 1. The summed E-state index contributed by atoms with van der Waals surface area (Å²) in [4.78, 5) is 20.8. The maximum absolute atomic E-state index is 12.8. The number of rotatable bonds is 3. The molecule has 0 aliphatic rings. The second-order valence-corrected chi connectivity index (χ2v) is 2.71. The third-order valence-corrected chi connectivity index (χ3v) is 1.61. The Morgan fingerprint density at radius 3 is 2.53 bits per heavy atom. The topological polar surface area (TPSA) is 74.6 Å². The summed E-state index contributed by atoms with van der Waals surface area (Å²) < 4.78 is 12.8. The molecule has 0 radical (unpaired) electrons. The van der Waals surface area contributed by atoms with Gasteiger partial charge in [0.15, 0.2) is 11.6 Å². The third kappa shape index (κ3) is 2.91. The second-order valence-electron chi connectivity index (χ2n) is 2.71. The highest BCUT2D eigenvalue weighted by Gasteiger charge is 2.06. The van der Waals surface area contributed by atoms with Gasteiger partial charge >= 0.3 is 5.97 Å². The molecule has 15 heavy (non-hydrogen) atoms. The van der Waals surface area contributed by atoms with Crippen LogP contribution in [0.4, 0.5) is 4.39 Å². The molecule has 5 heteroatoms. The van der Waals surface area contributed by atoms with Crippen molar-refractivity contribution in [2.24, 2.45) is 0 Å². The third-order valence-electron chi connectivity index (χ3n) is 1.61. The highest BCUT2D eigenvalue weighted by molar-refractivity contribution is 6.38. The smallest absolute Gasteiger partial charge is 0.376 e. The minimum absolute atomic E-state index is 0.292. The Labute approximate surface area is 84.3 Å². The van der Waals surface area contributed by atoms with Gasteiger partial charge in [-0.3, -0.25) is 4.79 Å². The summed E-state index contributed by atoms with van der Waals surface area (Å²) in [5, 5.41) is 17.1. The van der Waals surface area contributed by atoms with E-state index >= 15 is 0 Å². The standard InChI is InChI=1S/C10H7FO4/c11-7-5-6(1-3-8(7)12)2-4-9(13)10(14)15/h1-5,12H,(H,14,15)/b4-2+. The van der Waals surface area contributed by atoms with Gasteiger partial charge in [-0.25, -0.2) is 9.18 Å². The summed E-state index contributed by atoms with van der Waals surface area (Å²) in [6, 6.07) is 3.45. The second kappa shape index (κ2) is 4.36. The van der Waals surface area contributed by atoms with Crippen LogP contribution in [-0.2, 0) is 9.59 Å². The van der Waals surface area contributed by atoms with Crippen LogP contribution in [0.15, 0.2) is 24.3 Å². The highest BCUT2D eigenvalue weighted by atomic mass is 19.1. The minimum atomic E-state index is -1.58. The molecule has 0 atom stereocenters. The molecule has 1 rings (SSSR count). The van der Waals surface area contributed by atoms with Crippen LogP contribution in [0.3, 0.4) is 0 Å². The van der Waals surface area contributed by atoms with E-state index in [4.69, 9.17) is 10.2 Å². The fraction of sp³-hybridized carbons (Fsp3) is 0. The molecule has 0 fully saturated rings. The summed E-state index contributed by atoms with van der Waals surface area (Å²) in [5.41, 5.74) is 0.292. The predicted octanol–water partition coefficient (Wildman–Crippen LogP) is 1.20. The van der Waals surface area contributed by atoms with Crippen molar-refractivity contribution in [3.05, 3.63) is 35.7 Å². The van der Waals surface area contributed by atoms with E-state index in [1.165, 1.54) is 6.07 Å². The van der Waals surface area contributed by atoms with Crippen LogP contribution in [0.25, 0.3) is 6.08 Å². The highest BCUT2D eigenvalue weighted by Crippen LogP contribution is 2.16. The van der Waals surface area contributed by atoms with Crippen molar-refractivity contribution in [1.29, 1.82) is 0 Å². The van der Waals surface area contributed by atoms with Crippen molar-refractivity contribution >= 4 is 17.8 Å². The van der Waals surface area contributed by atoms with E-state index in [0.717, 1.165) is 24.3 Å². The predicted molar refractivity (Wildman–Crippen MR) is 49.7 cm³/mol. The van der Waals surface area contributed by atoms with Crippen molar-refractivity contribution in [2.75, 3.05) is 0 Å². The number of hydrogen-bond acceptors (Lipinski definition) is 3. The number of phenolic OH excluding ortho intramolecular Hbond substituents is 1. The monoisotopic (exact) mass is 210 g/mol. The number of phenols is 1. The van der Waals surface area contributed by atoms with Gasteiger partial charge in [-0.1, -0.05) is 12.1 Å². The van der Waals surface area contributed by atoms with E-state index < -0.39 is 23.3 Å². The lowest BCUT2D eigenvalue weighted by molar-refractivity contribution is -0.146. The number of carbonyl (C=O) groups excluding carboxylic acids is 1. The molecule has 0 saturated heterocycles. The quantitative estimate of drug-likeness (QED) is 0.580. The molecule has 0 saturated carbocycles. The number of benzene rings is 1. The van der Waals surface area contributed by atoms with E-state index in [-0.39, 0.29) is 0 Å². The molecule has 0 bridgehead atoms. The van der Waals surface area contributed by atoms with E-state index in [9.17, 15) is 14.0 Å². The molecule has 1 aromatic rings. The largest absolute Gasteiger partial charge is 0.505 e. The number of aromatic hydroxyl groups is 1. The van der Waals surface area contributed by atoms with Crippen LogP contribution < -0.4 is 0 Å². The van der Waals surface area contributed by atoms with Crippen molar-refractivity contribution < 1.29 is 24.2 Å². The first kappa shape index (κ1) is 10.9. The van der Waals surface area contributed by atoms with Gasteiger partial charge < -0.3 is 10.2 Å². The lowest BCUT2D eigenvalue weighted by atomic mass is 10.2. The van der Waals surface area contributed by atoms with Crippen LogP contribution in [0, 0.1) is 5.82 Å². The zero-order chi connectivity index (χ0) is 11.4. The molecular formula is C10H7FO4. The lowest BCUT2D eigenvalue weighted by Gasteiger charge is -1.96. The van der Waals surface area contributed by atoms with Gasteiger partial charge in [0.1, 0.15) is 0 Å². The Morgan fingerprint density at radius 2 is 2.00 bits per heavy atom. The Kier molecular flexibility index (Phi) is 3.17. The summed E-state index contributed by atoms with van der Waals surface area (Å²) in [6.07, 6.45) is 1.97. The Balaban J connectivity index is 2.86. The van der Waals surface area contributed by atoms with Crippen molar-refractivity contribution in [3.63, 3.8) is 0 Å². The molecule has 78 valence electrons. The van der Waals surface area contributed by atoms with E-state index in [0.29, 0.717) is 5.56 Å². The molecule has 0 aliphatic carbocycles. The molecule has 4 nitrogen and oxygen atoms in total. The lowest BCUT2D eigenvalue weighted by Crippen LogP contribution is -2.08. The van der Waals surface area contributed by atoms with E-state index in [1.54, 1.807) is 0 Å². The molecule has 0 amide bonds. The summed E-state index contributed by atoms with van der Waals surface area (Å²) in [5.74, 6) is -4.01. The van der Waals surface area contributed by atoms with Crippen LogP contribution >= 0.6 is 0 Å². The molecule has 0 heterocycles. The van der Waals surface area contributed by atoms with Gasteiger partial charge in [-0.2, -0.15) is 0 Å². The maximum Gasteiger partial charge on any atom is 0.376 e. The SMILES string of the molecule is O=C(O)C(=O)/C=C/c1ccc(O)c(F)c1. The minimum Gasteiger partial charge on any atom is -0.505 e. The van der Waals surface area contributed by atoms with Gasteiger partial charge in [-0.05, 0) is 23.8 Å². The summed E-state index contributed by atoms with van der Waals surface area (Å²) >= 11 is 0.